The first kappa shape index (κ1) is 16.6. The lowest BCUT2D eigenvalue weighted by molar-refractivity contribution is 0.0691. The van der Waals surface area contributed by atoms with E-state index in [1.165, 1.54) is 18.3 Å². The molecule has 0 atom stereocenters. The van der Waals surface area contributed by atoms with Gasteiger partial charge in [0, 0.05) is 25.4 Å². The maximum Gasteiger partial charge on any atom is 0.340 e. The highest BCUT2D eigenvalue weighted by Gasteiger charge is 2.34. The van der Waals surface area contributed by atoms with Gasteiger partial charge in [-0.05, 0) is 20.8 Å². The quantitative estimate of drug-likeness (QED) is 0.757. The molecule has 0 amide bonds. The second kappa shape index (κ2) is 6.33. The molecule has 0 fully saturated rings. The Labute approximate surface area is 117 Å². The molecule has 1 heterocycles. The summed E-state index contributed by atoms with van der Waals surface area (Å²) >= 11 is 0. The number of sulfonamides is 1. The smallest absolute Gasteiger partial charge is 0.340 e. The number of carboxylic acid groups (broad SMARTS) is 1. The molecular formula is C11H19N3O5S. The monoisotopic (exact) mass is 305 g/mol. The van der Waals surface area contributed by atoms with Gasteiger partial charge in [0.15, 0.2) is 0 Å². The first-order valence-electron chi connectivity index (χ1n) is 6.02. The second-order valence-electron chi connectivity index (χ2n) is 4.54. The molecule has 114 valence electrons. The summed E-state index contributed by atoms with van der Waals surface area (Å²) in [6.45, 7) is 5.20. The van der Waals surface area contributed by atoms with Crippen molar-refractivity contribution >= 4 is 16.0 Å². The topological polar surface area (TPSA) is 113 Å². The Morgan fingerprint density at radius 1 is 1.50 bits per heavy atom. The number of nitrogens with zero attached hydrogens (tertiary/aromatic N) is 2. The summed E-state index contributed by atoms with van der Waals surface area (Å²) < 4.78 is 31.1. The Bertz CT molecular complexity index is 579. The maximum atomic E-state index is 12.5. The minimum atomic E-state index is -4.00. The van der Waals surface area contributed by atoms with E-state index in [-0.39, 0.29) is 30.5 Å². The number of nitrogens with one attached hydrogen (secondary N) is 1. The van der Waals surface area contributed by atoms with E-state index in [0.29, 0.717) is 0 Å². The van der Waals surface area contributed by atoms with Gasteiger partial charge in [-0.25, -0.2) is 13.2 Å². The number of aromatic carboxylic acids is 1. The maximum absolute atomic E-state index is 12.5. The summed E-state index contributed by atoms with van der Waals surface area (Å²) in [4.78, 5) is 11.2. The van der Waals surface area contributed by atoms with Gasteiger partial charge in [-0.2, -0.15) is 9.40 Å². The Morgan fingerprint density at radius 3 is 2.55 bits per heavy atom. The summed E-state index contributed by atoms with van der Waals surface area (Å²) in [5.41, 5.74) is -0.125. The summed E-state index contributed by atoms with van der Waals surface area (Å²) in [7, 11) is -2.53. The second-order valence-corrected chi connectivity index (χ2v) is 6.34. The van der Waals surface area contributed by atoms with Crippen molar-refractivity contribution in [2.24, 2.45) is 0 Å². The van der Waals surface area contributed by atoms with Crippen LogP contribution in [0.25, 0.3) is 0 Å². The third-order valence-electron chi connectivity index (χ3n) is 2.77. The normalized spacial score (nSPS) is 12.3. The molecule has 0 radical (unpaired) electrons. The van der Waals surface area contributed by atoms with Crippen LogP contribution >= 0.6 is 0 Å². The molecule has 0 aliphatic heterocycles. The SMILES string of the molecule is COCCN(C(C)C)S(=O)(=O)c1n[nH]c(C)c1C(=O)O. The minimum Gasteiger partial charge on any atom is -0.478 e. The molecule has 1 aromatic heterocycles. The number of carbonyl (C=O) groups is 1. The van der Waals surface area contributed by atoms with E-state index in [1.54, 1.807) is 13.8 Å². The lowest BCUT2D eigenvalue weighted by Gasteiger charge is -2.24. The molecule has 0 saturated carbocycles. The van der Waals surface area contributed by atoms with Crippen LogP contribution in [0.2, 0.25) is 0 Å². The molecule has 0 aliphatic carbocycles. The van der Waals surface area contributed by atoms with Gasteiger partial charge in [0.1, 0.15) is 5.56 Å². The van der Waals surface area contributed by atoms with E-state index in [4.69, 9.17) is 9.84 Å². The van der Waals surface area contributed by atoms with Crippen LogP contribution in [0.3, 0.4) is 0 Å². The lowest BCUT2D eigenvalue weighted by Crippen LogP contribution is -2.40. The van der Waals surface area contributed by atoms with Crippen LogP contribution in [0.4, 0.5) is 0 Å². The van der Waals surface area contributed by atoms with Crippen molar-refractivity contribution in [1.29, 1.82) is 0 Å². The number of methoxy groups -OCH3 is 1. The number of carboxylic acids is 1. The Balaban J connectivity index is 3.30. The molecule has 1 rings (SSSR count). The largest absolute Gasteiger partial charge is 0.478 e. The highest BCUT2D eigenvalue weighted by molar-refractivity contribution is 7.89. The molecule has 9 heteroatoms. The van der Waals surface area contributed by atoms with Gasteiger partial charge in [0.25, 0.3) is 10.0 Å². The van der Waals surface area contributed by atoms with E-state index in [2.05, 4.69) is 10.2 Å². The first-order valence-corrected chi connectivity index (χ1v) is 7.46. The van der Waals surface area contributed by atoms with Crippen molar-refractivity contribution in [3.8, 4) is 0 Å². The van der Waals surface area contributed by atoms with Gasteiger partial charge in [-0.1, -0.05) is 0 Å². The summed E-state index contributed by atoms with van der Waals surface area (Å²) in [5.74, 6) is -1.33. The molecule has 0 unspecified atom stereocenters. The highest BCUT2D eigenvalue weighted by Crippen LogP contribution is 2.22. The van der Waals surface area contributed by atoms with Gasteiger partial charge >= 0.3 is 5.97 Å². The molecular weight excluding hydrogens is 286 g/mol. The van der Waals surface area contributed by atoms with E-state index in [1.807, 2.05) is 0 Å². The van der Waals surface area contributed by atoms with Crippen LogP contribution in [-0.2, 0) is 14.8 Å². The van der Waals surface area contributed by atoms with E-state index in [9.17, 15) is 13.2 Å². The van der Waals surface area contributed by atoms with Gasteiger partial charge < -0.3 is 9.84 Å². The average Bonchev–Trinajstić information content (AvgIpc) is 2.71. The molecule has 8 nitrogen and oxygen atoms in total. The molecule has 2 N–H and O–H groups in total. The number of H-pyrrole nitrogens is 1. The fraction of sp³-hybridized carbons (Fsp3) is 0.636. The molecule has 0 spiro atoms. The van der Waals surface area contributed by atoms with Crippen molar-refractivity contribution in [2.45, 2.75) is 31.8 Å². The van der Waals surface area contributed by atoms with Crippen molar-refractivity contribution in [3.63, 3.8) is 0 Å². The zero-order valence-electron chi connectivity index (χ0n) is 11.9. The number of aryl methyl sites for hydroxylation is 1. The van der Waals surface area contributed by atoms with Gasteiger partial charge in [-0.3, -0.25) is 5.10 Å². The molecule has 0 aliphatic rings. The number of hydrogen-bond donors (Lipinski definition) is 2. The van der Waals surface area contributed by atoms with Crippen molar-refractivity contribution < 1.29 is 23.1 Å². The van der Waals surface area contributed by atoms with E-state index < -0.39 is 21.0 Å². The van der Waals surface area contributed by atoms with Crippen LogP contribution in [-0.4, -0.2) is 60.3 Å². The fourth-order valence-corrected chi connectivity index (χ4v) is 3.55. The number of rotatable bonds is 7. The summed E-state index contributed by atoms with van der Waals surface area (Å²) in [5, 5.41) is 14.7. The Morgan fingerprint density at radius 2 is 2.10 bits per heavy atom. The van der Waals surface area contributed by atoms with Crippen LogP contribution < -0.4 is 0 Å². The lowest BCUT2D eigenvalue weighted by atomic mass is 10.3. The van der Waals surface area contributed by atoms with E-state index >= 15 is 0 Å². The van der Waals surface area contributed by atoms with Crippen molar-refractivity contribution in [2.75, 3.05) is 20.3 Å². The predicted molar refractivity (Wildman–Crippen MR) is 71.2 cm³/mol. The summed E-state index contributed by atoms with van der Waals surface area (Å²) in [6.07, 6.45) is 0. The molecule has 0 aromatic carbocycles. The number of aromatic amines is 1. The Kier molecular flexibility index (Phi) is 5.26. The van der Waals surface area contributed by atoms with Crippen molar-refractivity contribution in [1.82, 2.24) is 14.5 Å². The standard InChI is InChI=1S/C11H19N3O5S/c1-7(2)14(5-6-19-4)20(17,18)10-9(11(15)16)8(3)12-13-10/h7H,5-6H2,1-4H3,(H,12,13)(H,15,16). The van der Waals surface area contributed by atoms with Crippen LogP contribution in [0.1, 0.15) is 29.9 Å². The average molecular weight is 305 g/mol. The van der Waals surface area contributed by atoms with Crippen LogP contribution in [0, 0.1) is 6.92 Å². The third kappa shape index (κ3) is 3.17. The number of ether oxygens (including phenoxy) is 1. The zero-order chi connectivity index (χ0) is 15.5. The highest BCUT2D eigenvalue weighted by atomic mass is 32.2. The molecule has 0 bridgehead atoms. The number of hydrogen-bond acceptors (Lipinski definition) is 5. The third-order valence-corrected chi connectivity index (χ3v) is 4.78. The molecule has 0 saturated heterocycles. The predicted octanol–water partition coefficient (Wildman–Crippen LogP) is 0.462. The van der Waals surface area contributed by atoms with Crippen LogP contribution in [0.15, 0.2) is 5.03 Å². The van der Waals surface area contributed by atoms with Gasteiger partial charge in [0.2, 0.25) is 5.03 Å². The minimum absolute atomic E-state index is 0.126. The van der Waals surface area contributed by atoms with Gasteiger partial charge in [0.05, 0.1) is 6.61 Å². The van der Waals surface area contributed by atoms with E-state index in [0.717, 1.165) is 0 Å². The van der Waals surface area contributed by atoms with Crippen molar-refractivity contribution in [3.05, 3.63) is 11.3 Å². The molecule has 20 heavy (non-hydrogen) atoms. The number of aromatic nitrogens is 2. The van der Waals surface area contributed by atoms with Crippen LogP contribution in [0.5, 0.6) is 0 Å². The molecule has 1 aromatic rings. The fourth-order valence-electron chi connectivity index (χ4n) is 1.79. The first-order chi connectivity index (χ1) is 9.23. The zero-order valence-corrected chi connectivity index (χ0v) is 12.7. The summed E-state index contributed by atoms with van der Waals surface area (Å²) in [6, 6.07) is -0.339. The van der Waals surface area contributed by atoms with Gasteiger partial charge in [-0.15, -0.1) is 0 Å². The Hall–Kier alpha value is -1.45.